The van der Waals surface area contributed by atoms with E-state index in [0.717, 1.165) is 24.3 Å². The van der Waals surface area contributed by atoms with Crippen LogP contribution >= 0.6 is 0 Å². The van der Waals surface area contributed by atoms with E-state index >= 15 is 0 Å². The Balaban J connectivity index is 1.39. The number of amides is 1. The average molecular weight is 339 g/mol. The van der Waals surface area contributed by atoms with Gasteiger partial charge in [-0.3, -0.25) is 4.79 Å². The van der Waals surface area contributed by atoms with Gasteiger partial charge in [-0.15, -0.1) is 0 Å². The van der Waals surface area contributed by atoms with E-state index in [1.807, 2.05) is 36.4 Å². The molecule has 3 rings (SSSR count). The number of ether oxygens (including phenoxy) is 2. The summed E-state index contributed by atoms with van der Waals surface area (Å²) in [6.45, 7) is 4.00. The van der Waals surface area contributed by atoms with Crippen LogP contribution in [0.4, 0.5) is 0 Å². The lowest BCUT2D eigenvalue weighted by Crippen LogP contribution is -2.27. The molecule has 132 valence electrons. The molecular formula is C21H25NO3. The molecule has 1 amide bonds. The highest BCUT2D eigenvalue weighted by Crippen LogP contribution is 2.31. The number of fused-ring (bicyclic) bond motifs is 1. The molecular weight excluding hydrogens is 314 g/mol. The van der Waals surface area contributed by atoms with Crippen LogP contribution in [0.2, 0.25) is 0 Å². The maximum Gasteiger partial charge on any atom is 0.220 e. The Morgan fingerprint density at radius 2 is 1.84 bits per heavy atom. The first-order valence-corrected chi connectivity index (χ1v) is 8.92. The minimum absolute atomic E-state index is 0.111. The van der Waals surface area contributed by atoms with Crippen molar-refractivity contribution in [1.82, 2.24) is 5.32 Å². The van der Waals surface area contributed by atoms with Gasteiger partial charge in [-0.05, 0) is 42.0 Å². The van der Waals surface area contributed by atoms with Crippen LogP contribution in [0.25, 0.3) is 0 Å². The lowest BCUT2D eigenvalue weighted by atomic mass is 10.0. The first-order valence-electron chi connectivity index (χ1n) is 8.92. The van der Waals surface area contributed by atoms with Crippen LogP contribution in [0, 0.1) is 0 Å². The Morgan fingerprint density at radius 3 is 2.64 bits per heavy atom. The van der Waals surface area contributed by atoms with Crippen molar-refractivity contribution in [3.05, 3.63) is 59.7 Å². The Labute approximate surface area is 149 Å². The van der Waals surface area contributed by atoms with Crippen molar-refractivity contribution in [3.63, 3.8) is 0 Å². The molecule has 1 N–H and O–H groups in total. The lowest BCUT2D eigenvalue weighted by Gasteiger charge is -2.18. The van der Waals surface area contributed by atoms with Gasteiger partial charge < -0.3 is 14.8 Å². The second-order valence-corrected chi connectivity index (χ2v) is 6.45. The van der Waals surface area contributed by atoms with Gasteiger partial charge in [0.2, 0.25) is 5.91 Å². The molecule has 0 fully saturated rings. The van der Waals surface area contributed by atoms with Gasteiger partial charge in [-0.2, -0.15) is 0 Å². The molecule has 0 aliphatic carbocycles. The normalized spacial score (nSPS) is 14.0. The molecule has 0 bridgehead atoms. The first kappa shape index (κ1) is 17.3. The standard InChI is InChI=1S/C21H25NO3/c1-16(18-7-3-2-4-8-18)15-22-21(23)9-5-6-17-10-11-19-20(14-17)25-13-12-24-19/h2-4,7-8,10-11,14,16H,5-6,9,12-13,15H2,1H3,(H,22,23)/t16-/m0/s1. The van der Waals surface area contributed by atoms with Gasteiger partial charge in [-0.1, -0.05) is 43.3 Å². The minimum atomic E-state index is 0.111. The fourth-order valence-corrected chi connectivity index (χ4v) is 2.95. The predicted molar refractivity (Wildman–Crippen MR) is 98.2 cm³/mol. The summed E-state index contributed by atoms with van der Waals surface area (Å²) < 4.78 is 11.1. The van der Waals surface area contributed by atoms with Gasteiger partial charge in [0.15, 0.2) is 11.5 Å². The quantitative estimate of drug-likeness (QED) is 0.837. The van der Waals surface area contributed by atoms with Crippen molar-refractivity contribution < 1.29 is 14.3 Å². The minimum Gasteiger partial charge on any atom is -0.486 e. The van der Waals surface area contributed by atoms with E-state index in [1.54, 1.807) is 0 Å². The van der Waals surface area contributed by atoms with Gasteiger partial charge in [0.1, 0.15) is 13.2 Å². The third-order valence-electron chi connectivity index (χ3n) is 4.45. The van der Waals surface area contributed by atoms with Crippen LogP contribution in [-0.2, 0) is 11.2 Å². The monoisotopic (exact) mass is 339 g/mol. The van der Waals surface area contributed by atoms with Gasteiger partial charge in [0, 0.05) is 13.0 Å². The lowest BCUT2D eigenvalue weighted by molar-refractivity contribution is -0.121. The molecule has 0 saturated heterocycles. The summed E-state index contributed by atoms with van der Waals surface area (Å²) in [6.07, 6.45) is 2.22. The van der Waals surface area contributed by atoms with E-state index in [0.29, 0.717) is 32.1 Å². The number of carbonyl (C=O) groups is 1. The van der Waals surface area contributed by atoms with Crippen LogP contribution in [0.3, 0.4) is 0 Å². The number of carbonyl (C=O) groups excluding carboxylic acids is 1. The fourth-order valence-electron chi connectivity index (χ4n) is 2.95. The predicted octanol–water partition coefficient (Wildman–Crippen LogP) is 3.70. The van der Waals surface area contributed by atoms with E-state index in [4.69, 9.17) is 9.47 Å². The average Bonchev–Trinajstić information content (AvgIpc) is 2.66. The molecule has 1 atom stereocenters. The molecule has 1 aliphatic heterocycles. The van der Waals surface area contributed by atoms with E-state index < -0.39 is 0 Å². The zero-order valence-corrected chi connectivity index (χ0v) is 14.7. The van der Waals surface area contributed by atoms with Gasteiger partial charge in [0.05, 0.1) is 0 Å². The second-order valence-electron chi connectivity index (χ2n) is 6.45. The number of rotatable bonds is 7. The zero-order valence-electron chi connectivity index (χ0n) is 14.7. The van der Waals surface area contributed by atoms with Crippen molar-refractivity contribution in [2.75, 3.05) is 19.8 Å². The topological polar surface area (TPSA) is 47.6 Å². The van der Waals surface area contributed by atoms with Crippen molar-refractivity contribution in [2.24, 2.45) is 0 Å². The van der Waals surface area contributed by atoms with Gasteiger partial charge in [0.25, 0.3) is 0 Å². The summed E-state index contributed by atoms with van der Waals surface area (Å²) in [4.78, 5) is 12.0. The van der Waals surface area contributed by atoms with Crippen LogP contribution in [0.1, 0.15) is 36.8 Å². The summed E-state index contributed by atoms with van der Waals surface area (Å²) in [5, 5.41) is 3.03. The van der Waals surface area contributed by atoms with Crippen LogP contribution in [0.15, 0.2) is 48.5 Å². The second kappa shape index (κ2) is 8.56. The Morgan fingerprint density at radius 1 is 1.08 bits per heavy atom. The third-order valence-corrected chi connectivity index (χ3v) is 4.45. The molecule has 1 aliphatic rings. The highest BCUT2D eigenvalue weighted by molar-refractivity contribution is 5.75. The van der Waals surface area contributed by atoms with Crippen LogP contribution in [0.5, 0.6) is 11.5 Å². The molecule has 0 saturated carbocycles. The van der Waals surface area contributed by atoms with Crippen molar-refractivity contribution in [1.29, 1.82) is 0 Å². The summed E-state index contributed by atoms with van der Waals surface area (Å²) in [7, 11) is 0. The van der Waals surface area contributed by atoms with E-state index in [-0.39, 0.29) is 5.91 Å². The third kappa shape index (κ3) is 4.99. The summed E-state index contributed by atoms with van der Waals surface area (Å²) >= 11 is 0. The number of benzene rings is 2. The van der Waals surface area contributed by atoms with Crippen LogP contribution < -0.4 is 14.8 Å². The number of hydrogen-bond acceptors (Lipinski definition) is 3. The highest BCUT2D eigenvalue weighted by Gasteiger charge is 2.12. The number of nitrogens with one attached hydrogen (secondary N) is 1. The smallest absolute Gasteiger partial charge is 0.220 e. The number of hydrogen-bond donors (Lipinski definition) is 1. The SMILES string of the molecule is C[C@@H](CNC(=O)CCCc1ccc2c(c1)OCCO2)c1ccccc1. The largest absolute Gasteiger partial charge is 0.486 e. The molecule has 1 heterocycles. The Kier molecular flexibility index (Phi) is 5.94. The Bertz CT molecular complexity index is 700. The maximum absolute atomic E-state index is 12.0. The van der Waals surface area contributed by atoms with Crippen molar-refractivity contribution >= 4 is 5.91 Å². The molecule has 0 aromatic heterocycles. The molecule has 2 aromatic rings. The molecule has 2 aromatic carbocycles. The Hall–Kier alpha value is -2.49. The fraction of sp³-hybridized carbons (Fsp3) is 0.381. The van der Waals surface area contributed by atoms with E-state index in [9.17, 15) is 4.79 Å². The van der Waals surface area contributed by atoms with Gasteiger partial charge >= 0.3 is 0 Å². The number of aryl methyl sites for hydroxylation is 1. The van der Waals surface area contributed by atoms with Gasteiger partial charge in [-0.25, -0.2) is 0 Å². The summed E-state index contributed by atoms with van der Waals surface area (Å²) in [5.74, 6) is 2.05. The summed E-state index contributed by atoms with van der Waals surface area (Å²) in [5.41, 5.74) is 2.42. The molecule has 4 nitrogen and oxygen atoms in total. The maximum atomic E-state index is 12.0. The van der Waals surface area contributed by atoms with Crippen molar-refractivity contribution in [2.45, 2.75) is 32.1 Å². The molecule has 4 heteroatoms. The summed E-state index contributed by atoms with van der Waals surface area (Å²) in [6, 6.07) is 16.3. The van der Waals surface area contributed by atoms with E-state index in [1.165, 1.54) is 11.1 Å². The molecule has 25 heavy (non-hydrogen) atoms. The van der Waals surface area contributed by atoms with Crippen LogP contribution in [-0.4, -0.2) is 25.7 Å². The first-order chi connectivity index (χ1) is 12.2. The molecule has 0 spiro atoms. The van der Waals surface area contributed by atoms with E-state index in [2.05, 4.69) is 24.4 Å². The molecule has 0 unspecified atom stereocenters. The van der Waals surface area contributed by atoms with Crippen molar-refractivity contribution in [3.8, 4) is 11.5 Å². The molecule has 0 radical (unpaired) electrons. The zero-order chi connectivity index (χ0) is 17.5. The highest BCUT2D eigenvalue weighted by atomic mass is 16.6.